The second-order valence-electron chi connectivity index (χ2n) is 13.1. The number of rotatable bonds is 7. The molecule has 4 aliphatic rings. The summed E-state index contributed by atoms with van der Waals surface area (Å²) < 4.78 is 4.99. The molecule has 6 aromatic rings. The lowest BCUT2D eigenvalue weighted by Gasteiger charge is -2.56. The second-order valence-corrected chi connectivity index (χ2v) is 15.0. The fraction of sp³-hybridized carbons (Fsp3) is 0.364. The van der Waals surface area contributed by atoms with Crippen molar-refractivity contribution in [3.63, 3.8) is 0 Å². The maximum absolute atomic E-state index is 12.6. The molecule has 5 aromatic heterocycles. The van der Waals surface area contributed by atoms with E-state index in [1.54, 1.807) is 22.0 Å². The Bertz CT molecular complexity index is 2000. The third-order valence-electron chi connectivity index (χ3n) is 10.2. The maximum atomic E-state index is 12.6. The highest BCUT2D eigenvalue weighted by molar-refractivity contribution is 7.22. The monoisotopic (exact) mass is 621 g/mol. The molecule has 44 heavy (non-hydrogen) atoms. The Balaban J connectivity index is 1.02. The van der Waals surface area contributed by atoms with Crippen LogP contribution in [0, 0.1) is 30.1 Å². The molecule has 0 unspecified atom stereocenters. The number of aromatic nitrogens is 6. The fourth-order valence-electron chi connectivity index (χ4n) is 8.70. The number of pyridine rings is 1. The predicted octanol–water partition coefficient (Wildman–Crippen LogP) is 7.90. The first kappa shape index (κ1) is 26.3. The van der Waals surface area contributed by atoms with Crippen LogP contribution in [0.5, 0.6) is 0 Å². The topological polar surface area (TPSA) is 110 Å². The van der Waals surface area contributed by atoms with E-state index in [1.165, 1.54) is 49.9 Å². The lowest BCUT2D eigenvalue weighted by atomic mass is 9.49. The Hall–Kier alpha value is -4.09. The summed E-state index contributed by atoms with van der Waals surface area (Å²) >= 11 is 2.97. The number of nitrogens with one attached hydrogen (secondary N) is 1. The highest BCUT2D eigenvalue weighted by Crippen LogP contribution is 2.60. The number of thiazole rings is 2. The van der Waals surface area contributed by atoms with E-state index in [0.717, 1.165) is 62.2 Å². The number of fused-ring (bicyclic) bond motifs is 2. The van der Waals surface area contributed by atoms with Gasteiger partial charge in [-0.2, -0.15) is 10.2 Å². The zero-order valence-electron chi connectivity index (χ0n) is 24.2. The quantitative estimate of drug-likeness (QED) is 0.186. The Kier molecular flexibility index (Phi) is 5.81. The van der Waals surface area contributed by atoms with Crippen LogP contribution < -0.4 is 5.32 Å². The van der Waals surface area contributed by atoms with Gasteiger partial charge in [0.1, 0.15) is 21.9 Å². The van der Waals surface area contributed by atoms with Crippen LogP contribution in [0.1, 0.15) is 54.6 Å². The standard InChI is InChI=1S/C33H31N7O2S2/c1-18-23(15-35-39(18)17-33-11-19-8-20(12-33)10-21(9-19)13-33)29-28(31(41)42)30-40(38-29)25(16-43-30)22-6-7-27(34-14-22)37-32-36-24-4-2-3-5-26(24)44-32/h2-7,14-16,19-21H,8-13,17H2,1H3,(H,41,42)(H,34,36,37). The number of nitrogens with zero attached hydrogens (tertiary/aromatic N) is 6. The lowest BCUT2D eigenvalue weighted by molar-refractivity contribution is -0.0638. The van der Waals surface area contributed by atoms with E-state index in [-0.39, 0.29) is 5.56 Å². The summed E-state index contributed by atoms with van der Waals surface area (Å²) in [6.45, 7) is 2.98. The number of carbonyl (C=O) groups is 1. The van der Waals surface area contributed by atoms with Crippen molar-refractivity contribution in [1.29, 1.82) is 0 Å². The smallest absolute Gasteiger partial charge is 0.341 e. The van der Waals surface area contributed by atoms with Crippen molar-refractivity contribution >= 4 is 54.6 Å². The zero-order valence-corrected chi connectivity index (χ0v) is 25.9. The number of hydrogen-bond acceptors (Lipinski definition) is 8. The van der Waals surface area contributed by atoms with Crippen LogP contribution in [0.25, 0.3) is 37.6 Å². The van der Waals surface area contributed by atoms with E-state index in [0.29, 0.717) is 21.8 Å². The number of carboxylic acid groups (broad SMARTS) is 1. The van der Waals surface area contributed by atoms with Gasteiger partial charge in [0, 0.05) is 34.9 Å². The van der Waals surface area contributed by atoms with Crippen molar-refractivity contribution in [1.82, 2.24) is 29.4 Å². The molecule has 2 N–H and O–H groups in total. The molecule has 4 fully saturated rings. The van der Waals surface area contributed by atoms with Gasteiger partial charge in [0.2, 0.25) is 0 Å². The molecular weight excluding hydrogens is 591 g/mol. The summed E-state index contributed by atoms with van der Waals surface area (Å²) in [6.07, 6.45) is 11.8. The number of anilines is 2. The molecule has 4 bridgehead atoms. The Morgan fingerprint density at radius 1 is 1.07 bits per heavy atom. The van der Waals surface area contributed by atoms with Gasteiger partial charge < -0.3 is 10.4 Å². The second kappa shape index (κ2) is 9.70. The number of carboxylic acids is 1. The molecule has 4 aliphatic carbocycles. The van der Waals surface area contributed by atoms with Gasteiger partial charge in [-0.05, 0) is 92.9 Å². The van der Waals surface area contributed by atoms with Gasteiger partial charge in [-0.1, -0.05) is 23.5 Å². The molecule has 0 amide bonds. The molecule has 9 nitrogen and oxygen atoms in total. The molecule has 0 spiro atoms. The molecule has 11 heteroatoms. The van der Waals surface area contributed by atoms with E-state index >= 15 is 0 Å². The van der Waals surface area contributed by atoms with Gasteiger partial charge in [-0.15, -0.1) is 11.3 Å². The van der Waals surface area contributed by atoms with Gasteiger partial charge in [0.05, 0.1) is 22.1 Å². The highest BCUT2D eigenvalue weighted by atomic mass is 32.1. The Morgan fingerprint density at radius 3 is 2.55 bits per heavy atom. The van der Waals surface area contributed by atoms with Crippen LogP contribution in [0.2, 0.25) is 0 Å². The van der Waals surface area contributed by atoms with Gasteiger partial charge in [0.15, 0.2) is 5.13 Å². The first-order chi connectivity index (χ1) is 21.4. The summed E-state index contributed by atoms with van der Waals surface area (Å²) in [5, 5.41) is 26.1. The minimum atomic E-state index is -0.981. The van der Waals surface area contributed by atoms with E-state index < -0.39 is 5.97 Å². The minimum Gasteiger partial charge on any atom is -0.478 e. The Morgan fingerprint density at radius 2 is 1.84 bits per heavy atom. The molecule has 0 atom stereocenters. The van der Waals surface area contributed by atoms with Crippen LogP contribution in [0.15, 0.2) is 54.2 Å². The minimum absolute atomic E-state index is 0.223. The molecular formula is C33H31N7O2S2. The molecule has 1 aromatic carbocycles. The highest BCUT2D eigenvalue weighted by Gasteiger charge is 2.51. The Labute approximate surface area is 261 Å². The van der Waals surface area contributed by atoms with E-state index in [4.69, 9.17) is 10.2 Å². The van der Waals surface area contributed by atoms with Crippen LogP contribution in [-0.2, 0) is 6.54 Å². The van der Waals surface area contributed by atoms with Crippen molar-refractivity contribution in [2.75, 3.05) is 5.32 Å². The van der Waals surface area contributed by atoms with Crippen molar-refractivity contribution in [2.24, 2.45) is 23.2 Å². The van der Waals surface area contributed by atoms with Crippen molar-refractivity contribution in [3.05, 3.63) is 65.4 Å². The molecule has 222 valence electrons. The summed E-state index contributed by atoms with van der Waals surface area (Å²) in [6, 6.07) is 11.9. The summed E-state index contributed by atoms with van der Waals surface area (Å²) in [5.41, 5.74) is 5.42. The summed E-state index contributed by atoms with van der Waals surface area (Å²) in [4.78, 5) is 22.5. The SMILES string of the molecule is Cc1c(-c2nn3c(-c4ccc(Nc5nc6ccccc6s5)nc4)csc3c2C(=O)O)cnn1CC12CC3CC(CC(C3)C1)C2. The van der Waals surface area contributed by atoms with E-state index in [1.807, 2.05) is 41.9 Å². The largest absolute Gasteiger partial charge is 0.478 e. The number of benzene rings is 1. The number of para-hydroxylation sites is 1. The maximum Gasteiger partial charge on any atom is 0.341 e. The van der Waals surface area contributed by atoms with Crippen molar-refractivity contribution < 1.29 is 9.90 Å². The normalized spacial score (nSPS) is 24.1. The third-order valence-corrected chi connectivity index (χ3v) is 12.1. The molecule has 10 rings (SSSR count). The molecule has 0 radical (unpaired) electrons. The van der Waals surface area contributed by atoms with Crippen LogP contribution in [0.4, 0.5) is 10.9 Å². The third kappa shape index (κ3) is 4.20. The molecule has 4 saturated carbocycles. The molecule has 0 aliphatic heterocycles. The van der Waals surface area contributed by atoms with Gasteiger partial charge in [-0.3, -0.25) is 4.68 Å². The van der Waals surface area contributed by atoms with E-state index in [2.05, 4.69) is 33.0 Å². The first-order valence-electron chi connectivity index (χ1n) is 15.3. The number of hydrogen-bond donors (Lipinski definition) is 2. The summed E-state index contributed by atoms with van der Waals surface area (Å²) in [5.74, 6) is 2.33. The average Bonchev–Trinajstić information content (AvgIpc) is 3.75. The van der Waals surface area contributed by atoms with Gasteiger partial charge in [0.25, 0.3) is 0 Å². The first-order valence-corrected chi connectivity index (χ1v) is 17.0. The van der Waals surface area contributed by atoms with Crippen molar-refractivity contribution in [3.8, 4) is 22.5 Å². The predicted molar refractivity (Wildman–Crippen MR) is 173 cm³/mol. The molecule has 0 saturated heterocycles. The van der Waals surface area contributed by atoms with Crippen LogP contribution in [-0.4, -0.2) is 40.4 Å². The average molecular weight is 622 g/mol. The number of aromatic carboxylic acids is 1. The molecule has 5 heterocycles. The fourth-order valence-corrected chi connectivity index (χ4v) is 10.6. The van der Waals surface area contributed by atoms with Gasteiger partial charge >= 0.3 is 5.97 Å². The van der Waals surface area contributed by atoms with Crippen molar-refractivity contribution in [2.45, 2.75) is 52.0 Å². The zero-order chi connectivity index (χ0) is 29.6. The van der Waals surface area contributed by atoms with E-state index in [9.17, 15) is 9.90 Å². The lowest BCUT2D eigenvalue weighted by Crippen LogP contribution is -2.48. The van der Waals surface area contributed by atoms with Crippen LogP contribution >= 0.6 is 22.7 Å². The van der Waals surface area contributed by atoms with Crippen LogP contribution in [0.3, 0.4) is 0 Å². The summed E-state index contributed by atoms with van der Waals surface area (Å²) in [7, 11) is 0. The van der Waals surface area contributed by atoms with Gasteiger partial charge in [-0.25, -0.2) is 19.3 Å².